The lowest BCUT2D eigenvalue weighted by Gasteiger charge is -2.23. The Kier molecular flexibility index (Phi) is 5.89. The number of nitrogens with one attached hydrogen (secondary N) is 2. The molecule has 3 aromatic heterocycles. The molecule has 11 nitrogen and oxygen atoms in total. The highest BCUT2D eigenvalue weighted by Crippen LogP contribution is 2.33. The Morgan fingerprint density at radius 2 is 1.92 bits per heavy atom. The molecule has 2 N–H and O–H groups in total. The fourth-order valence-electron chi connectivity index (χ4n) is 4.33. The quantitative estimate of drug-likeness (QED) is 0.410. The number of aromatic nitrogens is 4. The molecule has 4 heterocycles. The van der Waals surface area contributed by atoms with Gasteiger partial charge in [0.15, 0.2) is 11.5 Å². The third-order valence-electron chi connectivity index (χ3n) is 6.39. The van der Waals surface area contributed by atoms with Crippen LogP contribution in [-0.4, -0.2) is 50.3 Å². The van der Waals surface area contributed by atoms with Crippen LogP contribution in [0.3, 0.4) is 0 Å². The maximum Gasteiger partial charge on any atom is 0.346 e. The first-order chi connectivity index (χ1) is 18.1. The molecule has 3 amide bonds. The van der Waals surface area contributed by atoms with E-state index < -0.39 is 6.03 Å². The van der Waals surface area contributed by atoms with Gasteiger partial charge in [-0.05, 0) is 36.6 Å². The van der Waals surface area contributed by atoms with Gasteiger partial charge in [0, 0.05) is 24.1 Å². The van der Waals surface area contributed by atoms with Crippen molar-refractivity contribution in [2.24, 2.45) is 5.92 Å². The van der Waals surface area contributed by atoms with Crippen LogP contribution in [0.15, 0.2) is 60.9 Å². The molecule has 1 atom stereocenters. The van der Waals surface area contributed by atoms with Crippen molar-refractivity contribution in [2.45, 2.75) is 25.3 Å². The summed E-state index contributed by atoms with van der Waals surface area (Å²) in [6, 6.07) is 14.5. The van der Waals surface area contributed by atoms with E-state index in [9.17, 15) is 9.59 Å². The molecular formula is C26H25N7O4. The number of anilines is 2. The Labute approximate surface area is 212 Å². The highest BCUT2D eigenvalue weighted by atomic mass is 16.7. The number of carbonyl (C=O) groups is 2. The number of carbonyl (C=O) groups excluding carboxylic acids is 2. The van der Waals surface area contributed by atoms with Crippen LogP contribution in [0, 0.1) is 5.92 Å². The minimum Gasteiger partial charge on any atom is -0.480 e. The first kappa shape index (κ1) is 22.9. The number of imidazole rings is 1. The van der Waals surface area contributed by atoms with Gasteiger partial charge in [0.05, 0.1) is 31.6 Å². The van der Waals surface area contributed by atoms with E-state index in [-0.39, 0.29) is 23.7 Å². The van der Waals surface area contributed by atoms with E-state index in [2.05, 4.69) is 25.7 Å². The van der Waals surface area contributed by atoms with Crippen molar-refractivity contribution in [2.75, 3.05) is 24.4 Å². The van der Waals surface area contributed by atoms with Gasteiger partial charge in [0.2, 0.25) is 11.8 Å². The summed E-state index contributed by atoms with van der Waals surface area (Å²) < 4.78 is 6.99. The van der Waals surface area contributed by atoms with Crippen LogP contribution in [0.25, 0.3) is 16.9 Å². The molecule has 0 radical (unpaired) electrons. The van der Waals surface area contributed by atoms with Crippen molar-refractivity contribution in [1.29, 1.82) is 0 Å². The molecule has 188 valence electrons. The van der Waals surface area contributed by atoms with Crippen molar-refractivity contribution in [3.8, 4) is 17.1 Å². The molecule has 0 spiro atoms. The Hall–Kier alpha value is -4.51. The van der Waals surface area contributed by atoms with E-state index >= 15 is 0 Å². The molecule has 0 bridgehead atoms. The first-order valence-electron chi connectivity index (χ1n) is 12.1. The maximum absolute atomic E-state index is 13.2. The third-order valence-corrected chi connectivity index (χ3v) is 6.39. The molecule has 1 saturated heterocycles. The van der Waals surface area contributed by atoms with Gasteiger partial charge in [0.25, 0.3) is 0 Å². The highest BCUT2D eigenvalue weighted by molar-refractivity contribution is 5.93. The summed E-state index contributed by atoms with van der Waals surface area (Å²) in [7, 11) is 1.49. The zero-order valence-corrected chi connectivity index (χ0v) is 20.1. The SMILES string of the molecule is COc1ncc(-c2ccc3nc(NC(=O)C4CC4)cn3n2)cc1NC(=O)N1OCC[C@H]1c1ccccc1. The summed E-state index contributed by atoms with van der Waals surface area (Å²) in [5, 5.41) is 11.7. The number of urea groups is 1. The molecule has 6 rings (SSSR count). The van der Waals surface area contributed by atoms with Crippen LogP contribution in [0.1, 0.15) is 30.9 Å². The van der Waals surface area contributed by atoms with Gasteiger partial charge in [-0.2, -0.15) is 10.2 Å². The number of amides is 3. The molecule has 37 heavy (non-hydrogen) atoms. The molecule has 1 aliphatic heterocycles. The van der Waals surface area contributed by atoms with E-state index in [1.807, 2.05) is 30.3 Å². The van der Waals surface area contributed by atoms with Crippen LogP contribution >= 0.6 is 0 Å². The minimum atomic E-state index is -0.419. The number of hydrogen-bond donors (Lipinski definition) is 2. The molecule has 2 aliphatic rings. The van der Waals surface area contributed by atoms with Gasteiger partial charge in [0.1, 0.15) is 5.69 Å². The standard InChI is InChI=1S/C26H25N7O4/c1-36-25-20(28-26(35)33-21(11-12-37-33)16-5-3-2-4-6-16)13-18(14-27-25)19-9-10-23-29-22(15-32(23)31-19)30-24(34)17-7-8-17/h2-6,9-10,13-15,17,21H,7-8,11-12H2,1H3,(H,28,35)(H,30,34)/t21-/m0/s1. The Balaban J connectivity index is 1.24. The summed E-state index contributed by atoms with van der Waals surface area (Å²) in [5.41, 5.74) is 3.26. The van der Waals surface area contributed by atoms with Crippen LogP contribution in [0.4, 0.5) is 16.3 Å². The summed E-state index contributed by atoms with van der Waals surface area (Å²) >= 11 is 0. The predicted molar refractivity (Wildman–Crippen MR) is 135 cm³/mol. The van der Waals surface area contributed by atoms with E-state index in [1.54, 1.807) is 35.1 Å². The number of hydroxylamine groups is 2. The van der Waals surface area contributed by atoms with E-state index in [1.165, 1.54) is 12.2 Å². The fraction of sp³-hybridized carbons (Fsp3) is 0.269. The zero-order valence-electron chi connectivity index (χ0n) is 20.1. The largest absolute Gasteiger partial charge is 0.480 e. The number of benzene rings is 1. The second kappa shape index (κ2) is 9.51. The number of pyridine rings is 1. The number of methoxy groups -OCH3 is 1. The van der Waals surface area contributed by atoms with Crippen molar-refractivity contribution in [3.63, 3.8) is 0 Å². The number of ether oxygens (including phenoxy) is 1. The maximum atomic E-state index is 13.2. The van der Waals surface area contributed by atoms with Gasteiger partial charge in [-0.3, -0.25) is 9.63 Å². The van der Waals surface area contributed by atoms with Gasteiger partial charge >= 0.3 is 6.03 Å². The Bertz CT molecular complexity index is 1470. The lowest BCUT2D eigenvalue weighted by atomic mass is 10.1. The molecular weight excluding hydrogens is 474 g/mol. The topological polar surface area (TPSA) is 123 Å². The molecule has 1 aromatic carbocycles. The van der Waals surface area contributed by atoms with Crippen LogP contribution in [0.5, 0.6) is 5.88 Å². The van der Waals surface area contributed by atoms with Gasteiger partial charge in [-0.25, -0.2) is 19.3 Å². The number of rotatable bonds is 6. The van der Waals surface area contributed by atoms with E-state index in [0.717, 1.165) is 18.4 Å². The first-order valence-corrected chi connectivity index (χ1v) is 12.1. The van der Waals surface area contributed by atoms with Gasteiger partial charge < -0.3 is 15.4 Å². The summed E-state index contributed by atoms with van der Waals surface area (Å²) in [5.74, 6) is 0.795. The fourth-order valence-corrected chi connectivity index (χ4v) is 4.33. The van der Waals surface area contributed by atoms with Crippen LogP contribution in [0.2, 0.25) is 0 Å². The molecule has 1 aliphatic carbocycles. The number of fused-ring (bicyclic) bond motifs is 1. The number of nitrogens with zero attached hydrogens (tertiary/aromatic N) is 5. The Morgan fingerprint density at radius 3 is 2.70 bits per heavy atom. The monoisotopic (exact) mass is 499 g/mol. The normalized spacial score (nSPS) is 17.1. The average molecular weight is 500 g/mol. The van der Waals surface area contributed by atoms with Crippen LogP contribution in [-0.2, 0) is 9.63 Å². The average Bonchev–Trinajstić information content (AvgIpc) is 3.52. The second-order valence-corrected chi connectivity index (χ2v) is 9.00. The lowest BCUT2D eigenvalue weighted by Crippen LogP contribution is -2.33. The van der Waals surface area contributed by atoms with Gasteiger partial charge in [-0.15, -0.1) is 0 Å². The third kappa shape index (κ3) is 4.68. The highest BCUT2D eigenvalue weighted by Gasteiger charge is 2.32. The summed E-state index contributed by atoms with van der Waals surface area (Å²) in [4.78, 5) is 39.7. The second-order valence-electron chi connectivity index (χ2n) is 9.00. The van der Waals surface area contributed by atoms with E-state index in [0.29, 0.717) is 41.4 Å². The number of hydrogen-bond acceptors (Lipinski definition) is 7. The molecule has 2 fully saturated rings. The zero-order chi connectivity index (χ0) is 25.4. The van der Waals surface area contributed by atoms with E-state index in [4.69, 9.17) is 9.57 Å². The predicted octanol–water partition coefficient (Wildman–Crippen LogP) is 4.06. The lowest BCUT2D eigenvalue weighted by molar-refractivity contribution is -0.117. The minimum absolute atomic E-state index is 0.0140. The summed E-state index contributed by atoms with van der Waals surface area (Å²) in [6.07, 6.45) is 5.83. The van der Waals surface area contributed by atoms with Gasteiger partial charge in [-0.1, -0.05) is 30.3 Å². The molecule has 4 aromatic rings. The molecule has 11 heteroatoms. The van der Waals surface area contributed by atoms with Crippen molar-refractivity contribution >= 4 is 29.1 Å². The summed E-state index contributed by atoms with van der Waals surface area (Å²) in [6.45, 7) is 0.445. The molecule has 0 unspecified atom stereocenters. The smallest absolute Gasteiger partial charge is 0.346 e. The van der Waals surface area contributed by atoms with Crippen LogP contribution < -0.4 is 15.4 Å². The molecule has 1 saturated carbocycles. The van der Waals surface area contributed by atoms with Crippen molar-refractivity contribution < 1.29 is 19.2 Å². The Morgan fingerprint density at radius 1 is 1.08 bits per heavy atom. The van der Waals surface area contributed by atoms with Crippen molar-refractivity contribution in [3.05, 3.63) is 66.5 Å². The van der Waals surface area contributed by atoms with Crippen molar-refractivity contribution in [1.82, 2.24) is 24.6 Å².